The van der Waals surface area contributed by atoms with Crippen LogP contribution in [0.3, 0.4) is 0 Å². The number of hydrogen-bond acceptors (Lipinski definition) is 2. The zero-order valence-corrected chi connectivity index (χ0v) is 10.0. The molecular formula is C15H17NO. The van der Waals surface area contributed by atoms with Gasteiger partial charge >= 0.3 is 0 Å². The normalized spacial score (nSPS) is 16.4. The molecule has 1 unspecified atom stereocenters. The summed E-state index contributed by atoms with van der Waals surface area (Å²) in [5.74, 6) is -0.0165. The van der Waals surface area contributed by atoms with Crippen molar-refractivity contribution in [2.75, 3.05) is 5.73 Å². The van der Waals surface area contributed by atoms with Crippen LogP contribution in [0, 0.1) is 5.92 Å². The van der Waals surface area contributed by atoms with Gasteiger partial charge in [-0.1, -0.05) is 37.3 Å². The predicted octanol–water partition coefficient (Wildman–Crippen LogP) is 3.36. The van der Waals surface area contributed by atoms with E-state index in [1.165, 1.54) is 0 Å². The maximum absolute atomic E-state index is 12.3. The van der Waals surface area contributed by atoms with Crippen molar-refractivity contribution < 1.29 is 4.79 Å². The highest BCUT2D eigenvalue weighted by atomic mass is 16.1. The Morgan fingerprint density at radius 1 is 1.29 bits per heavy atom. The second-order valence-corrected chi connectivity index (χ2v) is 4.36. The smallest absolute Gasteiger partial charge is 0.172 e. The number of carbonyl (C=O) groups excluding carboxylic acids is 1. The van der Waals surface area contributed by atoms with Gasteiger partial charge in [0.05, 0.1) is 0 Å². The van der Waals surface area contributed by atoms with Crippen LogP contribution in [-0.4, -0.2) is 5.78 Å². The molecule has 0 aliphatic heterocycles. The van der Waals surface area contributed by atoms with Gasteiger partial charge in [-0.3, -0.25) is 4.79 Å². The van der Waals surface area contributed by atoms with Crippen molar-refractivity contribution >= 4 is 11.5 Å². The number of Topliss-reactive ketones (excluding diaryl/α,β-unsaturated/α-hetero) is 1. The van der Waals surface area contributed by atoms with Crippen LogP contribution in [0.25, 0.3) is 0 Å². The first kappa shape index (κ1) is 11.6. The van der Waals surface area contributed by atoms with Crippen molar-refractivity contribution in [2.24, 2.45) is 5.92 Å². The van der Waals surface area contributed by atoms with E-state index in [4.69, 9.17) is 5.73 Å². The SMILES string of the molecule is CC(C(=O)c1ccccc1N)C1=CCCC=C1. The van der Waals surface area contributed by atoms with Gasteiger partial charge < -0.3 is 5.73 Å². The van der Waals surface area contributed by atoms with Gasteiger partial charge in [-0.05, 0) is 30.5 Å². The van der Waals surface area contributed by atoms with Crippen molar-refractivity contribution in [3.8, 4) is 0 Å². The fourth-order valence-electron chi connectivity index (χ4n) is 2.06. The third-order valence-corrected chi connectivity index (χ3v) is 3.14. The molecule has 1 aromatic carbocycles. The molecule has 2 rings (SSSR count). The predicted molar refractivity (Wildman–Crippen MR) is 70.8 cm³/mol. The highest BCUT2D eigenvalue weighted by Gasteiger charge is 2.20. The molecule has 88 valence electrons. The van der Waals surface area contributed by atoms with E-state index in [1.54, 1.807) is 12.1 Å². The zero-order chi connectivity index (χ0) is 12.3. The number of nitrogen functional groups attached to an aromatic ring is 1. The maximum Gasteiger partial charge on any atom is 0.172 e. The first-order valence-corrected chi connectivity index (χ1v) is 5.95. The van der Waals surface area contributed by atoms with Gasteiger partial charge in [-0.2, -0.15) is 0 Å². The first-order chi connectivity index (χ1) is 8.20. The first-order valence-electron chi connectivity index (χ1n) is 5.95. The summed E-state index contributed by atoms with van der Waals surface area (Å²) in [6.07, 6.45) is 8.39. The van der Waals surface area contributed by atoms with Crippen LogP contribution >= 0.6 is 0 Å². The van der Waals surface area contributed by atoms with Gasteiger partial charge in [-0.15, -0.1) is 0 Å². The van der Waals surface area contributed by atoms with E-state index >= 15 is 0 Å². The molecule has 0 bridgehead atoms. The number of carbonyl (C=O) groups is 1. The standard InChI is InChI=1S/C15H17NO/c1-11(12-7-3-2-4-8-12)15(17)13-9-5-6-10-14(13)16/h3,5-11H,2,4,16H2,1H3. The van der Waals surface area contributed by atoms with Crippen LogP contribution in [0.2, 0.25) is 0 Å². The Balaban J connectivity index is 2.23. The molecule has 0 spiro atoms. The lowest BCUT2D eigenvalue weighted by Gasteiger charge is -2.15. The van der Waals surface area contributed by atoms with Gasteiger partial charge in [0, 0.05) is 17.2 Å². The van der Waals surface area contributed by atoms with Crippen molar-refractivity contribution in [2.45, 2.75) is 19.8 Å². The summed E-state index contributed by atoms with van der Waals surface area (Å²) in [5, 5.41) is 0. The monoisotopic (exact) mass is 227 g/mol. The van der Waals surface area contributed by atoms with Gasteiger partial charge in [0.15, 0.2) is 5.78 Å². The fraction of sp³-hybridized carbons (Fsp3) is 0.267. The maximum atomic E-state index is 12.3. The van der Waals surface area contributed by atoms with Gasteiger partial charge in [-0.25, -0.2) is 0 Å². The number of ketones is 1. The molecule has 0 saturated heterocycles. The number of rotatable bonds is 3. The topological polar surface area (TPSA) is 43.1 Å². The molecule has 1 aliphatic rings. The van der Waals surface area contributed by atoms with Gasteiger partial charge in [0.1, 0.15) is 0 Å². The summed E-state index contributed by atoms with van der Waals surface area (Å²) in [7, 11) is 0. The molecule has 0 fully saturated rings. The largest absolute Gasteiger partial charge is 0.398 e. The Hall–Kier alpha value is -1.83. The van der Waals surface area contributed by atoms with Crippen molar-refractivity contribution in [3.63, 3.8) is 0 Å². The average molecular weight is 227 g/mol. The minimum Gasteiger partial charge on any atom is -0.398 e. The van der Waals surface area contributed by atoms with E-state index in [-0.39, 0.29) is 11.7 Å². The van der Waals surface area contributed by atoms with Crippen LogP contribution < -0.4 is 5.73 Å². The Labute approximate surface area is 102 Å². The third kappa shape index (κ3) is 2.47. The Kier molecular flexibility index (Phi) is 3.43. The van der Waals surface area contributed by atoms with E-state index in [0.29, 0.717) is 11.3 Å². The summed E-state index contributed by atoms with van der Waals surface area (Å²) >= 11 is 0. The zero-order valence-electron chi connectivity index (χ0n) is 10.0. The quantitative estimate of drug-likeness (QED) is 0.635. The van der Waals surface area contributed by atoms with Crippen molar-refractivity contribution in [1.29, 1.82) is 0 Å². The molecule has 0 radical (unpaired) electrons. The van der Waals surface area contributed by atoms with E-state index in [9.17, 15) is 4.79 Å². The Morgan fingerprint density at radius 3 is 2.71 bits per heavy atom. The van der Waals surface area contributed by atoms with E-state index in [0.717, 1.165) is 18.4 Å². The number of benzene rings is 1. The average Bonchev–Trinajstić information content (AvgIpc) is 2.39. The summed E-state index contributed by atoms with van der Waals surface area (Å²) in [6, 6.07) is 7.25. The number of anilines is 1. The lowest BCUT2D eigenvalue weighted by Crippen LogP contribution is -2.15. The lowest BCUT2D eigenvalue weighted by molar-refractivity contribution is 0.0950. The molecule has 0 saturated carbocycles. The lowest BCUT2D eigenvalue weighted by atomic mass is 9.88. The number of hydrogen-bond donors (Lipinski definition) is 1. The summed E-state index contributed by atoms with van der Waals surface area (Å²) in [6.45, 7) is 1.94. The highest BCUT2D eigenvalue weighted by Crippen LogP contribution is 2.24. The molecule has 17 heavy (non-hydrogen) atoms. The van der Waals surface area contributed by atoms with E-state index < -0.39 is 0 Å². The van der Waals surface area contributed by atoms with E-state index in [1.807, 2.05) is 25.1 Å². The third-order valence-electron chi connectivity index (χ3n) is 3.14. The van der Waals surface area contributed by atoms with Crippen LogP contribution in [0.1, 0.15) is 30.1 Å². The van der Waals surface area contributed by atoms with Crippen LogP contribution in [-0.2, 0) is 0 Å². The highest BCUT2D eigenvalue weighted by molar-refractivity contribution is 6.03. The molecule has 0 aromatic heterocycles. The second-order valence-electron chi connectivity index (χ2n) is 4.36. The van der Waals surface area contributed by atoms with Crippen LogP contribution in [0.15, 0.2) is 48.1 Å². The van der Waals surface area contributed by atoms with Crippen LogP contribution in [0.5, 0.6) is 0 Å². The van der Waals surface area contributed by atoms with E-state index in [2.05, 4.69) is 12.2 Å². The number of nitrogens with two attached hydrogens (primary N) is 1. The van der Waals surface area contributed by atoms with Gasteiger partial charge in [0.2, 0.25) is 0 Å². The molecular weight excluding hydrogens is 210 g/mol. The van der Waals surface area contributed by atoms with Crippen molar-refractivity contribution in [3.05, 3.63) is 53.6 Å². The molecule has 1 aromatic rings. The summed E-state index contributed by atoms with van der Waals surface area (Å²) in [4.78, 5) is 12.3. The molecule has 1 aliphatic carbocycles. The Morgan fingerprint density at radius 2 is 2.06 bits per heavy atom. The molecule has 0 amide bonds. The van der Waals surface area contributed by atoms with Crippen molar-refractivity contribution in [1.82, 2.24) is 0 Å². The minimum absolute atomic E-state index is 0.0981. The molecule has 2 N–H and O–H groups in total. The fourth-order valence-corrected chi connectivity index (χ4v) is 2.06. The number of para-hydroxylation sites is 1. The van der Waals surface area contributed by atoms with Gasteiger partial charge in [0.25, 0.3) is 0 Å². The summed E-state index contributed by atoms with van der Waals surface area (Å²) < 4.78 is 0. The van der Waals surface area contributed by atoms with Crippen LogP contribution in [0.4, 0.5) is 5.69 Å². The minimum atomic E-state index is -0.115. The molecule has 1 atom stereocenters. The molecule has 2 heteroatoms. The molecule has 2 nitrogen and oxygen atoms in total. The summed E-state index contributed by atoms with van der Waals surface area (Å²) in [5.41, 5.74) is 8.12. The second kappa shape index (κ2) is 5.00. The Bertz CT molecular complexity index is 485. The number of allylic oxidation sites excluding steroid dienone is 4. The molecule has 0 heterocycles.